The van der Waals surface area contributed by atoms with Crippen molar-refractivity contribution in [1.29, 1.82) is 0 Å². The number of Topliss-reactive ketones (excluding diaryl/α,β-unsaturated/α-hetero) is 1. The summed E-state index contributed by atoms with van der Waals surface area (Å²) in [4.78, 5) is 53.0. The standard InChI is InChI=1S/C36H50N4O6/c1-22-29-21-40(30(22)23(2)41)33(42)31(35(3)17-9-10-18-35)39-34(43)46-36(4)19-11-13-24(36)12-7-6-8-14-27-32(45-29)38-28-20-25(44-5)15-16-26(28)37-27/h15-16,20,22,24,29-31H,6-14,17-19,21H2,1-5H3,(H,39,43)/t22-,24-,29+,30+,31-,36-/m1/s1. The van der Waals surface area contributed by atoms with Crippen molar-refractivity contribution in [3.8, 4) is 11.6 Å². The number of aryl methyl sites for hydroxylation is 1. The average Bonchev–Trinajstić information content (AvgIpc) is 3.71. The summed E-state index contributed by atoms with van der Waals surface area (Å²) in [7, 11) is 1.62. The van der Waals surface area contributed by atoms with Gasteiger partial charge in [0, 0.05) is 12.0 Å². The molecule has 0 unspecified atom stereocenters. The summed E-state index contributed by atoms with van der Waals surface area (Å²) in [5, 5.41) is 3.06. The predicted molar refractivity (Wildman–Crippen MR) is 174 cm³/mol. The first-order valence-electron chi connectivity index (χ1n) is 17.3. The van der Waals surface area contributed by atoms with E-state index >= 15 is 0 Å². The normalized spacial score (nSPS) is 32.0. The minimum Gasteiger partial charge on any atom is -0.497 e. The van der Waals surface area contributed by atoms with Crippen molar-refractivity contribution in [3.05, 3.63) is 23.9 Å². The molecule has 2 saturated carbocycles. The van der Waals surface area contributed by atoms with Crippen molar-refractivity contribution < 1.29 is 28.6 Å². The Kier molecular flexibility index (Phi) is 9.18. The largest absolute Gasteiger partial charge is 0.497 e. The Labute approximate surface area is 272 Å². The van der Waals surface area contributed by atoms with Gasteiger partial charge in [0.05, 0.1) is 30.7 Å². The molecule has 4 aliphatic rings. The lowest BCUT2D eigenvalue weighted by atomic mass is 9.79. The number of carbonyl (C=O) groups is 3. The van der Waals surface area contributed by atoms with Gasteiger partial charge in [-0.15, -0.1) is 0 Å². The summed E-state index contributed by atoms with van der Waals surface area (Å²) in [5.74, 6) is 0.752. The van der Waals surface area contributed by atoms with Crippen molar-refractivity contribution >= 4 is 28.8 Å². The van der Waals surface area contributed by atoms with Crippen LogP contribution in [0, 0.1) is 17.3 Å². The van der Waals surface area contributed by atoms with Crippen molar-refractivity contribution in [3.63, 3.8) is 0 Å². The van der Waals surface area contributed by atoms with Crippen molar-refractivity contribution in [2.75, 3.05) is 13.7 Å². The Bertz CT molecular complexity index is 1470. The summed E-state index contributed by atoms with van der Waals surface area (Å²) in [6.45, 7) is 7.83. The molecule has 0 radical (unpaired) electrons. The monoisotopic (exact) mass is 634 g/mol. The third-order valence-electron chi connectivity index (χ3n) is 11.5. The van der Waals surface area contributed by atoms with E-state index < -0.39 is 35.3 Å². The molecule has 250 valence electrons. The first-order chi connectivity index (χ1) is 22.0. The predicted octanol–water partition coefficient (Wildman–Crippen LogP) is 6.17. The molecular formula is C36H50N4O6. The highest BCUT2D eigenvalue weighted by atomic mass is 16.6. The highest BCUT2D eigenvalue weighted by Gasteiger charge is 2.52. The van der Waals surface area contributed by atoms with Crippen LogP contribution in [0.3, 0.4) is 0 Å². The number of rotatable bonds is 3. The molecule has 46 heavy (non-hydrogen) atoms. The zero-order valence-electron chi connectivity index (χ0n) is 28.1. The lowest BCUT2D eigenvalue weighted by Crippen LogP contribution is -2.58. The number of amides is 2. The SMILES string of the molecule is COc1ccc2nc3c(nc2c1)O[C@H]1CN(C(=O)[C@H](C2(C)CCCC2)NC(=O)O[C@]2(C)CCC[C@H]2CCCCC3)[C@H](C(C)=O)[C@@H]1C. The Morgan fingerprint density at radius 3 is 2.50 bits per heavy atom. The van der Waals surface area contributed by atoms with E-state index in [-0.39, 0.29) is 30.1 Å². The molecule has 3 fully saturated rings. The van der Waals surface area contributed by atoms with Gasteiger partial charge in [0.2, 0.25) is 11.8 Å². The fourth-order valence-electron chi connectivity index (χ4n) is 8.69. The Balaban J connectivity index is 1.39. The lowest BCUT2D eigenvalue weighted by molar-refractivity contribution is -0.142. The summed E-state index contributed by atoms with van der Waals surface area (Å²) in [6, 6.07) is 4.15. The van der Waals surface area contributed by atoms with Crippen LogP contribution in [-0.2, 0) is 20.7 Å². The number of hydrogen-bond donors (Lipinski definition) is 1. The van der Waals surface area contributed by atoms with Crippen LogP contribution >= 0.6 is 0 Å². The molecule has 2 bridgehead atoms. The summed E-state index contributed by atoms with van der Waals surface area (Å²) >= 11 is 0. The van der Waals surface area contributed by atoms with E-state index in [4.69, 9.17) is 24.2 Å². The van der Waals surface area contributed by atoms with Gasteiger partial charge in [0.1, 0.15) is 29.2 Å². The zero-order chi connectivity index (χ0) is 32.6. The number of alkyl carbamates (subject to hydrolysis) is 1. The number of nitrogens with one attached hydrogen (secondary N) is 1. The van der Waals surface area contributed by atoms with E-state index in [1.54, 1.807) is 12.0 Å². The van der Waals surface area contributed by atoms with E-state index in [2.05, 4.69) is 19.2 Å². The molecule has 2 aliphatic heterocycles. The van der Waals surface area contributed by atoms with E-state index in [0.717, 1.165) is 81.8 Å². The van der Waals surface area contributed by atoms with Gasteiger partial charge >= 0.3 is 6.09 Å². The van der Waals surface area contributed by atoms with Crippen LogP contribution in [0.5, 0.6) is 11.6 Å². The fraction of sp³-hybridized carbons (Fsp3) is 0.694. The maximum Gasteiger partial charge on any atom is 0.408 e. The van der Waals surface area contributed by atoms with E-state index in [1.807, 2.05) is 25.1 Å². The average molecular weight is 635 g/mol. The molecule has 10 nitrogen and oxygen atoms in total. The smallest absolute Gasteiger partial charge is 0.408 e. The summed E-state index contributed by atoms with van der Waals surface area (Å²) < 4.78 is 18.3. The topological polar surface area (TPSA) is 120 Å². The van der Waals surface area contributed by atoms with Crippen molar-refractivity contribution in [2.24, 2.45) is 17.3 Å². The highest BCUT2D eigenvalue weighted by Crippen LogP contribution is 2.44. The minimum atomic E-state index is -0.805. The van der Waals surface area contributed by atoms with E-state index in [9.17, 15) is 14.4 Å². The highest BCUT2D eigenvalue weighted by molar-refractivity contribution is 5.92. The number of benzene rings is 1. The Morgan fingerprint density at radius 1 is 1.00 bits per heavy atom. The van der Waals surface area contributed by atoms with Gasteiger partial charge in [0.25, 0.3) is 0 Å². The van der Waals surface area contributed by atoms with Crippen LogP contribution in [0.1, 0.15) is 104 Å². The molecule has 0 spiro atoms. The molecule has 3 heterocycles. The molecule has 2 aromatic rings. The molecule has 10 heteroatoms. The first kappa shape index (κ1) is 32.5. The number of hydrogen-bond acceptors (Lipinski definition) is 8. The maximum atomic E-state index is 14.6. The molecule has 2 amide bonds. The number of carbonyl (C=O) groups excluding carboxylic acids is 3. The summed E-state index contributed by atoms with van der Waals surface area (Å²) in [5.41, 5.74) is 1.21. The number of methoxy groups -OCH3 is 1. The van der Waals surface area contributed by atoms with E-state index in [1.165, 1.54) is 6.92 Å². The molecule has 6 rings (SSSR count). The Hall–Kier alpha value is -3.43. The summed E-state index contributed by atoms with van der Waals surface area (Å²) in [6.07, 6.45) is 10.1. The first-order valence-corrected chi connectivity index (χ1v) is 17.3. The van der Waals surface area contributed by atoms with Crippen LogP contribution in [0.15, 0.2) is 18.2 Å². The number of ketones is 1. The van der Waals surface area contributed by atoms with Crippen LogP contribution in [-0.4, -0.2) is 70.1 Å². The minimum absolute atomic E-state index is 0.105. The second-order valence-electron chi connectivity index (χ2n) is 14.7. The number of ether oxygens (including phenoxy) is 3. The number of fused-ring (bicyclic) bond motifs is 5. The number of aromatic nitrogens is 2. The molecule has 1 saturated heterocycles. The quantitative estimate of drug-likeness (QED) is 0.426. The van der Waals surface area contributed by atoms with Crippen LogP contribution in [0.25, 0.3) is 11.0 Å². The van der Waals surface area contributed by atoms with Gasteiger partial charge in [-0.2, -0.15) is 0 Å². The molecule has 1 aromatic carbocycles. The van der Waals surface area contributed by atoms with Crippen LogP contribution in [0.2, 0.25) is 0 Å². The van der Waals surface area contributed by atoms with E-state index in [0.29, 0.717) is 23.6 Å². The fourth-order valence-corrected chi connectivity index (χ4v) is 8.69. The molecule has 6 atom stereocenters. The van der Waals surface area contributed by atoms with Crippen molar-refractivity contribution in [2.45, 2.75) is 129 Å². The molecule has 1 aromatic heterocycles. The van der Waals surface area contributed by atoms with Crippen molar-refractivity contribution in [1.82, 2.24) is 20.2 Å². The molecule has 1 N–H and O–H groups in total. The van der Waals surface area contributed by atoms with Gasteiger partial charge < -0.3 is 24.4 Å². The van der Waals surface area contributed by atoms with Gasteiger partial charge in [-0.1, -0.05) is 39.5 Å². The van der Waals surface area contributed by atoms with Crippen LogP contribution in [0.4, 0.5) is 4.79 Å². The second-order valence-corrected chi connectivity index (χ2v) is 14.7. The third-order valence-corrected chi connectivity index (χ3v) is 11.5. The molecular weight excluding hydrogens is 584 g/mol. The van der Waals surface area contributed by atoms with Crippen LogP contribution < -0.4 is 14.8 Å². The Morgan fingerprint density at radius 2 is 1.76 bits per heavy atom. The number of nitrogens with zero attached hydrogens (tertiary/aromatic N) is 3. The zero-order valence-corrected chi connectivity index (χ0v) is 28.1. The van der Waals surface area contributed by atoms with Gasteiger partial charge in [-0.3, -0.25) is 9.59 Å². The van der Waals surface area contributed by atoms with Gasteiger partial charge in [-0.05, 0) is 88.7 Å². The van der Waals surface area contributed by atoms with Gasteiger partial charge in [0.15, 0.2) is 5.78 Å². The lowest BCUT2D eigenvalue weighted by Gasteiger charge is -2.38. The van der Waals surface area contributed by atoms with Gasteiger partial charge in [-0.25, -0.2) is 14.8 Å². The second kappa shape index (κ2) is 13.0. The molecule has 2 aliphatic carbocycles. The maximum absolute atomic E-state index is 14.6. The third kappa shape index (κ3) is 6.28.